The molecule has 3 heterocycles. The quantitative estimate of drug-likeness (QED) is 0.562. The number of halogens is 1. The molecule has 0 radical (unpaired) electrons. The number of hydrogen-bond acceptors (Lipinski definition) is 4. The van der Waals surface area contributed by atoms with Crippen LogP contribution in [0.25, 0.3) is 5.69 Å². The van der Waals surface area contributed by atoms with Crippen molar-refractivity contribution in [2.24, 2.45) is 11.3 Å². The van der Waals surface area contributed by atoms with Crippen molar-refractivity contribution in [3.63, 3.8) is 0 Å². The van der Waals surface area contributed by atoms with E-state index in [9.17, 15) is 14.0 Å². The number of pyridine rings is 1. The molecule has 8 heteroatoms. The first-order valence-corrected chi connectivity index (χ1v) is 12.1. The molecule has 1 N–H and O–H groups in total. The molecule has 0 unspecified atom stereocenters. The summed E-state index contributed by atoms with van der Waals surface area (Å²) in [6.07, 6.45) is 3.07. The van der Waals surface area contributed by atoms with Crippen molar-refractivity contribution >= 4 is 23.3 Å². The molecule has 1 aromatic carbocycles. The van der Waals surface area contributed by atoms with Crippen molar-refractivity contribution in [2.75, 3.05) is 16.8 Å². The first-order chi connectivity index (χ1) is 16.6. The molecule has 0 bridgehead atoms. The Hall–Kier alpha value is -3.55. The van der Waals surface area contributed by atoms with Crippen LogP contribution < -0.4 is 10.2 Å². The minimum absolute atomic E-state index is 0.0165. The Labute approximate surface area is 204 Å². The highest BCUT2D eigenvalue weighted by Gasteiger charge is 2.52. The number of benzene rings is 1. The maximum atomic E-state index is 14.3. The van der Waals surface area contributed by atoms with Crippen LogP contribution in [0.3, 0.4) is 0 Å². The molecule has 7 nitrogen and oxygen atoms in total. The maximum Gasteiger partial charge on any atom is 0.233 e. The van der Waals surface area contributed by atoms with Gasteiger partial charge in [0.25, 0.3) is 0 Å². The molecule has 35 heavy (non-hydrogen) atoms. The molecule has 2 aliphatic rings. The van der Waals surface area contributed by atoms with Crippen molar-refractivity contribution in [1.82, 2.24) is 14.8 Å². The number of anilines is 2. The van der Waals surface area contributed by atoms with Crippen LogP contribution in [0.1, 0.15) is 48.8 Å². The summed E-state index contributed by atoms with van der Waals surface area (Å²) < 4.78 is 16.0. The molecule has 2 amide bonds. The third kappa shape index (κ3) is 4.57. The minimum Gasteiger partial charge on any atom is -0.312 e. The van der Waals surface area contributed by atoms with E-state index in [0.29, 0.717) is 35.2 Å². The number of aryl methyl sites for hydroxylation is 3. The molecule has 2 aromatic heterocycles. The van der Waals surface area contributed by atoms with Crippen molar-refractivity contribution in [3.05, 3.63) is 64.9 Å². The van der Waals surface area contributed by atoms with E-state index >= 15 is 0 Å². The average molecular weight is 476 g/mol. The van der Waals surface area contributed by atoms with Crippen LogP contribution in [0, 0.1) is 37.9 Å². The van der Waals surface area contributed by atoms with Crippen LogP contribution in [0.2, 0.25) is 0 Å². The number of nitrogens with zero attached hydrogens (tertiary/aromatic N) is 4. The van der Waals surface area contributed by atoms with Crippen molar-refractivity contribution in [1.29, 1.82) is 0 Å². The van der Waals surface area contributed by atoms with Gasteiger partial charge in [0.1, 0.15) is 11.6 Å². The third-order valence-corrected chi connectivity index (χ3v) is 7.15. The fourth-order valence-electron chi connectivity index (χ4n) is 5.20. The second-order valence-electron chi connectivity index (χ2n) is 10.1. The second kappa shape index (κ2) is 8.59. The van der Waals surface area contributed by atoms with Gasteiger partial charge in [-0.1, -0.05) is 6.92 Å². The molecule has 3 aromatic rings. The molecule has 0 spiro atoms. The Morgan fingerprint density at radius 2 is 1.86 bits per heavy atom. The smallest absolute Gasteiger partial charge is 0.233 e. The SMILES string of the molecule is Cc1cc(N2CC[C@@](C)(C3CC3)C2=O)cc(NC(=O)Cc2cc(F)cc(-n3nc(C)cc3C)c2)n1. The van der Waals surface area contributed by atoms with Gasteiger partial charge in [-0.05, 0) is 81.8 Å². The number of amides is 2. The molecular formula is C27H30FN5O2. The molecule has 2 fully saturated rings. The van der Waals surface area contributed by atoms with Crippen molar-refractivity contribution in [2.45, 2.75) is 53.4 Å². The lowest BCUT2D eigenvalue weighted by Gasteiger charge is -2.23. The van der Waals surface area contributed by atoms with E-state index in [1.165, 1.54) is 12.1 Å². The first-order valence-electron chi connectivity index (χ1n) is 12.1. The fourth-order valence-corrected chi connectivity index (χ4v) is 5.20. The lowest BCUT2D eigenvalue weighted by atomic mass is 9.83. The van der Waals surface area contributed by atoms with Gasteiger partial charge in [-0.3, -0.25) is 9.59 Å². The van der Waals surface area contributed by atoms with Crippen LogP contribution in [0.15, 0.2) is 36.4 Å². The maximum absolute atomic E-state index is 14.3. The third-order valence-electron chi connectivity index (χ3n) is 7.15. The molecule has 1 saturated carbocycles. The number of carbonyl (C=O) groups is 2. The molecule has 1 aliphatic heterocycles. The van der Waals surface area contributed by atoms with E-state index in [4.69, 9.17) is 0 Å². The summed E-state index contributed by atoms with van der Waals surface area (Å²) in [5.41, 5.74) is 3.99. The zero-order chi connectivity index (χ0) is 24.9. The van der Waals surface area contributed by atoms with E-state index < -0.39 is 5.82 Å². The normalized spacial score (nSPS) is 19.9. The summed E-state index contributed by atoms with van der Waals surface area (Å²) in [7, 11) is 0. The summed E-state index contributed by atoms with van der Waals surface area (Å²) in [5, 5.41) is 7.23. The van der Waals surface area contributed by atoms with Crippen molar-refractivity contribution in [3.8, 4) is 5.69 Å². The minimum atomic E-state index is -0.430. The van der Waals surface area contributed by atoms with Gasteiger partial charge in [0.05, 0.1) is 23.2 Å². The van der Waals surface area contributed by atoms with Gasteiger partial charge < -0.3 is 10.2 Å². The van der Waals surface area contributed by atoms with E-state index in [0.717, 1.165) is 36.3 Å². The molecule has 5 rings (SSSR count). The summed E-state index contributed by atoms with van der Waals surface area (Å²) >= 11 is 0. The number of hydrogen-bond donors (Lipinski definition) is 1. The van der Waals surface area contributed by atoms with Crippen LogP contribution in [-0.4, -0.2) is 33.1 Å². The van der Waals surface area contributed by atoms with Crippen LogP contribution in [0.5, 0.6) is 0 Å². The lowest BCUT2D eigenvalue weighted by Crippen LogP contribution is -2.34. The van der Waals surface area contributed by atoms with Gasteiger partial charge in [-0.2, -0.15) is 5.10 Å². The van der Waals surface area contributed by atoms with Gasteiger partial charge in [0.2, 0.25) is 11.8 Å². The summed E-state index contributed by atoms with van der Waals surface area (Å²) in [4.78, 5) is 32.3. The number of nitrogens with one attached hydrogen (secondary N) is 1. The number of carbonyl (C=O) groups excluding carboxylic acids is 2. The van der Waals surface area contributed by atoms with E-state index in [2.05, 4.69) is 22.3 Å². The predicted molar refractivity (Wildman–Crippen MR) is 132 cm³/mol. The van der Waals surface area contributed by atoms with E-state index in [-0.39, 0.29) is 23.7 Å². The van der Waals surface area contributed by atoms with Gasteiger partial charge in [0, 0.05) is 29.7 Å². The van der Waals surface area contributed by atoms with Crippen LogP contribution in [-0.2, 0) is 16.0 Å². The predicted octanol–water partition coefficient (Wildman–Crippen LogP) is 4.67. The van der Waals surface area contributed by atoms with Crippen LogP contribution in [0.4, 0.5) is 15.9 Å². The Kier molecular flexibility index (Phi) is 5.69. The van der Waals surface area contributed by atoms with Gasteiger partial charge in [-0.15, -0.1) is 0 Å². The zero-order valence-corrected chi connectivity index (χ0v) is 20.6. The highest BCUT2D eigenvalue weighted by atomic mass is 19.1. The number of rotatable bonds is 6. The second-order valence-corrected chi connectivity index (χ2v) is 10.1. The van der Waals surface area contributed by atoms with Crippen LogP contribution >= 0.6 is 0 Å². The Morgan fingerprint density at radius 1 is 1.09 bits per heavy atom. The Morgan fingerprint density at radius 3 is 2.54 bits per heavy atom. The monoisotopic (exact) mass is 475 g/mol. The summed E-state index contributed by atoms with van der Waals surface area (Å²) in [6, 6.07) is 10.0. The van der Waals surface area contributed by atoms with Crippen molar-refractivity contribution < 1.29 is 14.0 Å². The Bertz CT molecular complexity index is 1330. The van der Waals surface area contributed by atoms with Gasteiger partial charge in [0.15, 0.2) is 0 Å². The molecule has 1 atom stereocenters. The standard InChI is InChI=1S/C27H30FN5O2/c1-16-10-22(32-8-7-27(4,26(32)35)20-5-6-20)15-24(29-16)30-25(34)13-19-11-21(28)14-23(12-19)33-18(3)9-17(2)31-33/h9-12,14-15,20H,5-8,13H2,1-4H3,(H,29,30,34)/t27-/m0/s1. The fraction of sp³-hybridized carbons (Fsp3) is 0.407. The largest absolute Gasteiger partial charge is 0.312 e. The highest BCUT2D eigenvalue weighted by Crippen LogP contribution is 2.52. The molecular weight excluding hydrogens is 445 g/mol. The topological polar surface area (TPSA) is 80.1 Å². The highest BCUT2D eigenvalue weighted by molar-refractivity contribution is 6.01. The zero-order valence-electron chi connectivity index (χ0n) is 20.6. The molecule has 1 aliphatic carbocycles. The van der Waals surface area contributed by atoms with Gasteiger partial charge in [-0.25, -0.2) is 14.1 Å². The Balaban J connectivity index is 1.32. The average Bonchev–Trinajstić information content (AvgIpc) is 3.51. The molecule has 182 valence electrons. The van der Waals surface area contributed by atoms with Gasteiger partial charge >= 0.3 is 0 Å². The lowest BCUT2D eigenvalue weighted by molar-refractivity contribution is -0.125. The number of aromatic nitrogens is 3. The van der Waals surface area contributed by atoms with E-state index in [1.807, 2.05) is 37.8 Å². The molecule has 1 saturated heterocycles. The first kappa shape index (κ1) is 23.2. The summed E-state index contributed by atoms with van der Waals surface area (Å²) in [5.74, 6) is 0.273. The summed E-state index contributed by atoms with van der Waals surface area (Å²) in [6.45, 7) is 8.36. The van der Waals surface area contributed by atoms with E-state index in [1.54, 1.807) is 16.8 Å².